The van der Waals surface area contributed by atoms with E-state index in [1.54, 1.807) is 6.07 Å². The molecule has 0 saturated heterocycles. The zero-order valence-electron chi connectivity index (χ0n) is 26.1. The maximum absolute atomic E-state index is 13.7. The normalized spacial score (nSPS) is 17.0. The number of amides is 2. The topological polar surface area (TPSA) is 111 Å². The molecule has 2 amide bonds. The Bertz CT molecular complexity index is 1310. The molecule has 0 fully saturated rings. The lowest BCUT2D eigenvalue weighted by Gasteiger charge is -2.26. The number of hydrogen-bond donors (Lipinski definition) is 3. The van der Waals surface area contributed by atoms with Gasteiger partial charge in [-0.2, -0.15) is 12.7 Å². The van der Waals surface area contributed by atoms with E-state index < -0.39 is 10.2 Å². The summed E-state index contributed by atoms with van der Waals surface area (Å²) in [5.74, 6) is 0.0575. The van der Waals surface area contributed by atoms with Crippen LogP contribution < -0.4 is 20.3 Å². The van der Waals surface area contributed by atoms with Crippen molar-refractivity contribution in [1.82, 2.24) is 20.3 Å². The zero-order valence-corrected chi connectivity index (χ0v) is 26.9. The number of hydrogen-bond acceptors (Lipinski definition) is 5. The number of fused-ring (bicyclic) bond motifs is 4. The summed E-state index contributed by atoms with van der Waals surface area (Å²) in [7, 11) is 0.759. The number of carbonyl (C=O) groups is 2. The van der Waals surface area contributed by atoms with Crippen LogP contribution >= 0.6 is 0 Å². The molecule has 232 valence electrons. The fourth-order valence-corrected chi connectivity index (χ4v) is 6.00. The van der Waals surface area contributed by atoms with Gasteiger partial charge in [0, 0.05) is 45.8 Å². The van der Waals surface area contributed by atoms with Gasteiger partial charge in [-0.3, -0.25) is 13.9 Å². The van der Waals surface area contributed by atoms with Crippen LogP contribution in [0.5, 0.6) is 0 Å². The van der Waals surface area contributed by atoms with Crippen LogP contribution in [0.15, 0.2) is 42.5 Å². The fraction of sp³-hybridized carbons (Fsp3) is 0.562. The highest BCUT2D eigenvalue weighted by Crippen LogP contribution is 2.24. The molecule has 2 atom stereocenters. The maximum atomic E-state index is 13.7. The third kappa shape index (κ3) is 9.54. The van der Waals surface area contributed by atoms with Crippen molar-refractivity contribution in [2.24, 2.45) is 5.92 Å². The van der Waals surface area contributed by atoms with Crippen molar-refractivity contribution in [3.8, 4) is 0 Å². The average Bonchev–Trinajstić information content (AvgIpc) is 2.95. The molecule has 3 N–H and O–H groups in total. The number of carbonyl (C=O) groups excluding carboxylic acids is 2. The first-order valence-electron chi connectivity index (χ1n) is 15.1. The third-order valence-corrected chi connectivity index (χ3v) is 9.42. The van der Waals surface area contributed by atoms with E-state index in [9.17, 15) is 18.0 Å². The van der Waals surface area contributed by atoms with Crippen molar-refractivity contribution in [1.29, 1.82) is 0 Å². The van der Waals surface area contributed by atoms with Gasteiger partial charge in [-0.25, -0.2) is 0 Å². The Kier molecular flexibility index (Phi) is 12.4. The van der Waals surface area contributed by atoms with Crippen LogP contribution in [-0.4, -0.2) is 70.9 Å². The van der Waals surface area contributed by atoms with Crippen LogP contribution in [0.2, 0.25) is 0 Å². The summed E-state index contributed by atoms with van der Waals surface area (Å²) >= 11 is 0. The first-order chi connectivity index (χ1) is 19.9. The smallest absolute Gasteiger partial charge is 0.303 e. The highest BCUT2D eigenvalue weighted by atomic mass is 32.2. The SMILES string of the molecule is CCC[C@H](NC[C@@H]1Cc2cccc(c2)CCCCc2cc(cc(N(C)S(=O)(=O)N(C)C)c2)C(=O)N1)C(=O)NCC(C)C. The van der Waals surface area contributed by atoms with E-state index in [2.05, 4.69) is 61.0 Å². The molecule has 0 radical (unpaired) electrons. The summed E-state index contributed by atoms with van der Waals surface area (Å²) in [6, 6.07) is 13.2. The van der Waals surface area contributed by atoms with E-state index in [0.717, 1.165) is 47.5 Å². The van der Waals surface area contributed by atoms with Gasteiger partial charge in [0.1, 0.15) is 0 Å². The van der Waals surface area contributed by atoms with Gasteiger partial charge in [0.15, 0.2) is 0 Å². The summed E-state index contributed by atoms with van der Waals surface area (Å²) in [6.07, 6.45) is 5.72. The molecule has 2 aromatic carbocycles. The molecule has 2 aromatic rings. The number of nitrogens with one attached hydrogen (secondary N) is 3. The Morgan fingerprint density at radius 3 is 2.38 bits per heavy atom. The van der Waals surface area contributed by atoms with Crippen molar-refractivity contribution in [3.63, 3.8) is 0 Å². The third-order valence-electron chi connectivity index (χ3n) is 7.59. The Balaban J connectivity index is 1.92. The van der Waals surface area contributed by atoms with E-state index >= 15 is 0 Å². The minimum absolute atomic E-state index is 0.0257. The van der Waals surface area contributed by atoms with E-state index in [4.69, 9.17) is 0 Å². The van der Waals surface area contributed by atoms with Crippen molar-refractivity contribution in [3.05, 3.63) is 64.7 Å². The summed E-state index contributed by atoms with van der Waals surface area (Å²) in [6.45, 7) is 7.21. The Labute approximate surface area is 252 Å². The van der Waals surface area contributed by atoms with Crippen LogP contribution in [0, 0.1) is 5.92 Å². The summed E-state index contributed by atoms with van der Waals surface area (Å²) in [5, 5.41) is 9.65. The first kappa shape index (κ1) is 33.6. The van der Waals surface area contributed by atoms with Crippen molar-refractivity contribution >= 4 is 27.7 Å². The van der Waals surface area contributed by atoms with Gasteiger partial charge in [0.2, 0.25) is 5.91 Å². The molecule has 0 spiro atoms. The zero-order chi connectivity index (χ0) is 30.9. The van der Waals surface area contributed by atoms with Gasteiger partial charge in [0.25, 0.3) is 5.91 Å². The van der Waals surface area contributed by atoms with Crippen LogP contribution in [0.3, 0.4) is 0 Å². The molecule has 42 heavy (non-hydrogen) atoms. The molecule has 1 aliphatic rings. The monoisotopic (exact) mass is 599 g/mol. The van der Waals surface area contributed by atoms with Gasteiger partial charge in [-0.1, -0.05) is 51.5 Å². The number of rotatable bonds is 11. The predicted octanol–water partition coefficient (Wildman–Crippen LogP) is 3.68. The second kappa shape index (κ2) is 15.5. The largest absolute Gasteiger partial charge is 0.354 e. The molecule has 0 aromatic heterocycles. The quantitative estimate of drug-likeness (QED) is 0.365. The van der Waals surface area contributed by atoms with Crippen molar-refractivity contribution < 1.29 is 18.0 Å². The fourth-order valence-electron chi connectivity index (χ4n) is 5.13. The first-order valence-corrected chi connectivity index (χ1v) is 16.5. The average molecular weight is 600 g/mol. The van der Waals surface area contributed by atoms with Crippen LogP contribution in [0.25, 0.3) is 0 Å². The number of aryl methyl sites for hydroxylation is 2. The van der Waals surface area contributed by atoms with Gasteiger partial charge in [-0.05, 0) is 79.3 Å². The van der Waals surface area contributed by atoms with Crippen LogP contribution in [0.1, 0.15) is 73.5 Å². The number of nitrogens with zero attached hydrogens (tertiary/aromatic N) is 2. The lowest BCUT2D eigenvalue weighted by atomic mass is 9.97. The molecule has 1 aliphatic heterocycles. The Hall–Kier alpha value is -2.95. The van der Waals surface area contributed by atoms with Gasteiger partial charge in [-0.15, -0.1) is 0 Å². The molecule has 4 bridgehead atoms. The van der Waals surface area contributed by atoms with E-state index in [-0.39, 0.29) is 23.9 Å². The van der Waals surface area contributed by atoms with Crippen LogP contribution in [-0.2, 0) is 34.3 Å². The molecule has 1 heterocycles. The molecular formula is C32H49N5O4S. The van der Waals surface area contributed by atoms with E-state index in [1.165, 1.54) is 31.0 Å². The molecule has 0 aliphatic carbocycles. The van der Waals surface area contributed by atoms with Crippen molar-refractivity contribution in [2.75, 3.05) is 38.5 Å². The number of benzene rings is 2. The highest BCUT2D eigenvalue weighted by molar-refractivity contribution is 7.90. The second-order valence-electron chi connectivity index (χ2n) is 11.9. The summed E-state index contributed by atoms with van der Waals surface area (Å²) < 4.78 is 28.2. The lowest BCUT2D eigenvalue weighted by molar-refractivity contribution is -0.123. The molecule has 0 unspecified atom stereocenters. The van der Waals surface area contributed by atoms with Crippen LogP contribution in [0.4, 0.5) is 5.69 Å². The van der Waals surface area contributed by atoms with E-state index in [1.807, 2.05) is 12.1 Å². The van der Waals surface area contributed by atoms with Gasteiger partial charge >= 0.3 is 10.2 Å². The lowest BCUT2D eigenvalue weighted by Crippen LogP contribution is -2.51. The molecule has 0 saturated carbocycles. The maximum Gasteiger partial charge on any atom is 0.303 e. The van der Waals surface area contributed by atoms with E-state index in [0.29, 0.717) is 43.1 Å². The molecule has 3 rings (SSSR count). The van der Waals surface area contributed by atoms with Crippen molar-refractivity contribution in [2.45, 2.75) is 77.8 Å². The van der Waals surface area contributed by atoms with Gasteiger partial charge in [0.05, 0.1) is 11.7 Å². The Morgan fingerprint density at radius 1 is 1.02 bits per heavy atom. The minimum atomic E-state index is -3.72. The molecule has 9 nitrogen and oxygen atoms in total. The minimum Gasteiger partial charge on any atom is -0.354 e. The predicted molar refractivity (Wildman–Crippen MR) is 170 cm³/mol. The molecular weight excluding hydrogens is 550 g/mol. The summed E-state index contributed by atoms with van der Waals surface area (Å²) in [5.41, 5.74) is 4.16. The van der Waals surface area contributed by atoms with Gasteiger partial charge < -0.3 is 16.0 Å². The summed E-state index contributed by atoms with van der Waals surface area (Å²) in [4.78, 5) is 26.7. The number of anilines is 1. The Morgan fingerprint density at radius 2 is 1.71 bits per heavy atom. The molecule has 10 heteroatoms. The standard InChI is InChI=1S/C32H49N5O4S/c1-7-11-30(32(39)34-21-23(2)3)33-22-28-18-25-15-10-14-24(16-25)12-8-9-13-26-17-27(31(38)35-28)20-29(19-26)37(6)42(40,41)36(4)5/h10,14-17,19-20,23,28,30,33H,7-9,11-13,18,21-22H2,1-6H3,(H,34,39)(H,35,38)/t28-,30-/m0/s1. The highest BCUT2D eigenvalue weighted by Gasteiger charge is 2.24. The second-order valence-corrected chi connectivity index (χ2v) is 14.1.